The summed E-state index contributed by atoms with van der Waals surface area (Å²) in [7, 11) is 3.67. The van der Waals surface area contributed by atoms with Crippen molar-refractivity contribution in [3.8, 4) is 0 Å². The Morgan fingerprint density at radius 2 is 2.04 bits per heavy atom. The topological polar surface area (TPSA) is 52.1 Å². The van der Waals surface area contributed by atoms with E-state index in [9.17, 15) is 4.39 Å². The molecule has 0 aromatic heterocycles. The van der Waals surface area contributed by atoms with Crippen LogP contribution in [0.3, 0.4) is 0 Å². The van der Waals surface area contributed by atoms with Gasteiger partial charge >= 0.3 is 0 Å². The highest BCUT2D eigenvalue weighted by Crippen LogP contribution is 2.18. The third kappa shape index (κ3) is 6.80. The average Bonchev–Trinajstić information content (AvgIpc) is 2.63. The van der Waals surface area contributed by atoms with Crippen molar-refractivity contribution in [1.82, 2.24) is 15.5 Å². The first-order valence-corrected chi connectivity index (χ1v) is 9.38. The summed E-state index contributed by atoms with van der Waals surface area (Å²) in [4.78, 5) is 8.75. The minimum atomic E-state index is -0.217. The van der Waals surface area contributed by atoms with Gasteiger partial charge in [0.25, 0.3) is 0 Å². The number of nitrogens with zero attached hydrogens (tertiary/aromatic N) is 3. The Labute approximate surface area is 156 Å². The van der Waals surface area contributed by atoms with Gasteiger partial charge in [0, 0.05) is 40.3 Å². The zero-order valence-corrected chi connectivity index (χ0v) is 16.2. The Kier molecular flexibility index (Phi) is 8.64. The summed E-state index contributed by atoms with van der Waals surface area (Å²) in [6.07, 6.45) is 1.05. The van der Waals surface area contributed by atoms with Crippen LogP contribution in [0.15, 0.2) is 23.2 Å². The third-order valence-electron chi connectivity index (χ3n) is 4.31. The Morgan fingerprint density at radius 1 is 1.27 bits per heavy atom. The standard InChI is InChI=1S/C19H32FN5O/c1-4-21-19(22-8-5-9-25-10-12-26-13-11-25)23-15-16-6-7-18(24(2)3)17(20)14-16/h6-7,14H,4-5,8-13,15H2,1-3H3,(H2,21,22,23). The van der Waals surface area contributed by atoms with E-state index in [0.29, 0.717) is 12.2 Å². The molecule has 0 radical (unpaired) electrons. The van der Waals surface area contributed by atoms with Gasteiger partial charge in [0.05, 0.1) is 25.4 Å². The number of morpholine rings is 1. The predicted molar refractivity (Wildman–Crippen MR) is 105 cm³/mol. The molecule has 146 valence electrons. The lowest BCUT2D eigenvalue weighted by atomic mass is 10.2. The number of hydrogen-bond donors (Lipinski definition) is 2. The van der Waals surface area contributed by atoms with Crippen LogP contribution in [-0.2, 0) is 11.3 Å². The molecular formula is C19H32FN5O. The number of benzene rings is 1. The van der Waals surface area contributed by atoms with E-state index in [1.807, 2.05) is 27.1 Å². The highest BCUT2D eigenvalue weighted by molar-refractivity contribution is 5.79. The Balaban J connectivity index is 1.80. The first kappa shape index (κ1) is 20.5. The second kappa shape index (κ2) is 11.0. The lowest BCUT2D eigenvalue weighted by Crippen LogP contribution is -2.40. The van der Waals surface area contributed by atoms with E-state index in [-0.39, 0.29) is 5.82 Å². The van der Waals surface area contributed by atoms with Crippen molar-refractivity contribution >= 4 is 11.6 Å². The van der Waals surface area contributed by atoms with E-state index >= 15 is 0 Å². The normalized spacial score (nSPS) is 15.8. The number of ether oxygens (including phenoxy) is 1. The molecule has 0 spiro atoms. The van der Waals surface area contributed by atoms with Gasteiger partial charge in [0.1, 0.15) is 5.82 Å². The van der Waals surface area contributed by atoms with Crippen LogP contribution in [0.5, 0.6) is 0 Å². The minimum Gasteiger partial charge on any atom is -0.379 e. The van der Waals surface area contributed by atoms with Gasteiger partial charge in [-0.2, -0.15) is 0 Å². The number of guanidine groups is 1. The molecule has 0 bridgehead atoms. The second-order valence-electron chi connectivity index (χ2n) is 6.61. The zero-order valence-electron chi connectivity index (χ0n) is 16.2. The van der Waals surface area contributed by atoms with Crippen LogP contribution in [0.1, 0.15) is 18.9 Å². The molecule has 0 amide bonds. The van der Waals surface area contributed by atoms with Crippen molar-refractivity contribution in [3.05, 3.63) is 29.6 Å². The molecule has 0 atom stereocenters. The van der Waals surface area contributed by atoms with Gasteiger partial charge in [0.2, 0.25) is 0 Å². The SMILES string of the molecule is CCNC(=NCc1ccc(N(C)C)c(F)c1)NCCCN1CCOCC1. The van der Waals surface area contributed by atoms with Crippen molar-refractivity contribution in [2.45, 2.75) is 19.9 Å². The van der Waals surface area contributed by atoms with Gasteiger partial charge in [-0.05, 0) is 37.6 Å². The van der Waals surface area contributed by atoms with Crippen LogP contribution in [0.4, 0.5) is 10.1 Å². The predicted octanol–water partition coefficient (Wildman–Crippen LogP) is 1.67. The molecule has 1 heterocycles. The van der Waals surface area contributed by atoms with Gasteiger partial charge in [-0.3, -0.25) is 4.90 Å². The average molecular weight is 365 g/mol. The van der Waals surface area contributed by atoms with Crippen molar-refractivity contribution in [2.75, 3.05) is 64.9 Å². The number of hydrogen-bond acceptors (Lipinski definition) is 4. The van der Waals surface area contributed by atoms with Gasteiger partial charge in [-0.25, -0.2) is 9.38 Å². The maximum atomic E-state index is 14.1. The number of halogens is 1. The monoisotopic (exact) mass is 365 g/mol. The second-order valence-corrected chi connectivity index (χ2v) is 6.61. The Bertz CT molecular complexity index is 573. The van der Waals surface area contributed by atoms with Crippen molar-refractivity contribution in [1.29, 1.82) is 0 Å². The van der Waals surface area contributed by atoms with Crippen molar-refractivity contribution < 1.29 is 9.13 Å². The molecule has 0 saturated carbocycles. The summed E-state index contributed by atoms with van der Waals surface area (Å²) in [5.41, 5.74) is 1.45. The molecule has 1 aromatic rings. The molecule has 26 heavy (non-hydrogen) atoms. The summed E-state index contributed by atoms with van der Waals surface area (Å²) in [5.74, 6) is 0.553. The summed E-state index contributed by atoms with van der Waals surface area (Å²) >= 11 is 0. The molecule has 6 nitrogen and oxygen atoms in total. The summed E-state index contributed by atoms with van der Waals surface area (Å²) in [6.45, 7) is 8.90. The third-order valence-corrected chi connectivity index (χ3v) is 4.31. The fourth-order valence-electron chi connectivity index (χ4n) is 2.86. The maximum absolute atomic E-state index is 14.1. The van der Waals surface area contributed by atoms with Crippen molar-refractivity contribution in [3.63, 3.8) is 0 Å². The van der Waals surface area contributed by atoms with Crippen LogP contribution < -0.4 is 15.5 Å². The van der Waals surface area contributed by atoms with Crippen LogP contribution >= 0.6 is 0 Å². The smallest absolute Gasteiger partial charge is 0.191 e. The van der Waals surface area contributed by atoms with Crippen LogP contribution in [0.2, 0.25) is 0 Å². The van der Waals surface area contributed by atoms with E-state index in [4.69, 9.17) is 4.74 Å². The highest BCUT2D eigenvalue weighted by atomic mass is 19.1. The number of aliphatic imine (C=N–C) groups is 1. The molecule has 1 aliphatic rings. The van der Waals surface area contributed by atoms with E-state index in [2.05, 4.69) is 20.5 Å². The summed E-state index contributed by atoms with van der Waals surface area (Å²) < 4.78 is 19.4. The van der Waals surface area contributed by atoms with E-state index in [0.717, 1.165) is 63.9 Å². The first-order valence-electron chi connectivity index (χ1n) is 9.38. The molecule has 2 N–H and O–H groups in total. The fourth-order valence-corrected chi connectivity index (χ4v) is 2.86. The molecule has 1 saturated heterocycles. The van der Waals surface area contributed by atoms with Crippen LogP contribution in [-0.4, -0.2) is 70.9 Å². The number of rotatable bonds is 8. The fraction of sp³-hybridized carbons (Fsp3) is 0.632. The molecule has 0 unspecified atom stereocenters. The first-order chi connectivity index (χ1) is 12.6. The molecule has 1 aliphatic heterocycles. The number of anilines is 1. The van der Waals surface area contributed by atoms with E-state index in [1.54, 1.807) is 17.0 Å². The van der Waals surface area contributed by atoms with E-state index < -0.39 is 0 Å². The minimum absolute atomic E-state index is 0.217. The van der Waals surface area contributed by atoms with E-state index in [1.165, 1.54) is 0 Å². The van der Waals surface area contributed by atoms with Crippen LogP contribution in [0.25, 0.3) is 0 Å². The molecule has 1 aromatic carbocycles. The van der Waals surface area contributed by atoms with Crippen molar-refractivity contribution in [2.24, 2.45) is 4.99 Å². The van der Waals surface area contributed by atoms with Crippen LogP contribution in [0, 0.1) is 5.82 Å². The largest absolute Gasteiger partial charge is 0.379 e. The quantitative estimate of drug-likeness (QED) is 0.417. The van der Waals surface area contributed by atoms with Gasteiger partial charge in [0.15, 0.2) is 5.96 Å². The lowest BCUT2D eigenvalue weighted by molar-refractivity contribution is 0.0376. The molecule has 1 fully saturated rings. The Hall–Kier alpha value is -1.86. The molecular weight excluding hydrogens is 333 g/mol. The maximum Gasteiger partial charge on any atom is 0.191 e. The van der Waals surface area contributed by atoms with Gasteiger partial charge in [-0.15, -0.1) is 0 Å². The summed E-state index contributed by atoms with van der Waals surface area (Å²) in [5, 5.41) is 6.59. The Morgan fingerprint density at radius 3 is 2.69 bits per heavy atom. The molecule has 7 heteroatoms. The number of nitrogens with one attached hydrogen (secondary N) is 2. The summed E-state index contributed by atoms with van der Waals surface area (Å²) in [6, 6.07) is 5.27. The van der Waals surface area contributed by atoms with Gasteiger partial charge in [-0.1, -0.05) is 6.07 Å². The highest BCUT2D eigenvalue weighted by Gasteiger charge is 2.09. The van der Waals surface area contributed by atoms with Gasteiger partial charge < -0.3 is 20.3 Å². The zero-order chi connectivity index (χ0) is 18.8. The molecule has 0 aliphatic carbocycles. The lowest BCUT2D eigenvalue weighted by Gasteiger charge is -2.26. The molecule has 2 rings (SSSR count).